The zero-order chi connectivity index (χ0) is 30.6. The van der Waals surface area contributed by atoms with Crippen LogP contribution in [0.1, 0.15) is 51.3 Å². The van der Waals surface area contributed by atoms with Gasteiger partial charge in [0.05, 0.1) is 23.2 Å². The van der Waals surface area contributed by atoms with Gasteiger partial charge in [-0.2, -0.15) is 13.2 Å². The van der Waals surface area contributed by atoms with E-state index >= 15 is 0 Å². The molecule has 0 unspecified atom stereocenters. The van der Waals surface area contributed by atoms with Crippen molar-refractivity contribution in [2.45, 2.75) is 32.4 Å². The summed E-state index contributed by atoms with van der Waals surface area (Å²) in [5, 5.41) is 5.22. The van der Waals surface area contributed by atoms with E-state index in [0.717, 1.165) is 23.7 Å². The van der Waals surface area contributed by atoms with Crippen molar-refractivity contribution in [2.75, 3.05) is 60.9 Å². The molecule has 3 aromatic rings. The maximum Gasteiger partial charge on any atom is 0.418 e. The first-order chi connectivity index (χ1) is 20.6. The second-order valence-corrected chi connectivity index (χ2v) is 10.7. The predicted molar refractivity (Wildman–Crippen MR) is 156 cm³/mol. The molecule has 9 nitrogen and oxygen atoms in total. The minimum atomic E-state index is -4.81. The summed E-state index contributed by atoms with van der Waals surface area (Å²) in [4.78, 5) is 43.3. The highest BCUT2D eigenvalue weighted by Crippen LogP contribution is 2.43. The molecular formula is C31H34F3N5O4. The third-order valence-corrected chi connectivity index (χ3v) is 7.78. The zero-order valence-electron chi connectivity index (χ0n) is 23.9. The lowest BCUT2D eigenvalue weighted by Gasteiger charge is -2.39. The van der Waals surface area contributed by atoms with Crippen molar-refractivity contribution in [3.8, 4) is 0 Å². The second kappa shape index (κ2) is 12.8. The number of hydrogen-bond acceptors (Lipinski definition) is 6. The molecule has 3 heterocycles. The van der Waals surface area contributed by atoms with Gasteiger partial charge in [0.25, 0.3) is 11.8 Å². The summed E-state index contributed by atoms with van der Waals surface area (Å²) < 4.78 is 49.0. The molecule has 0 radical (unpaired) electrons. The number of furan rings is 1. The molecule has 12 heteroatoms. The Morgan fingerprint density at radius 2 is 1.70 bits per heavy atom. The van der Waals surface area contributed by atoms with Gasteiger partial charge < -0.3 is 29.8 Å². The number of amides is 3. The molecular weight excluding hydrogens is 563 g/mol. The fraction of sp³-hybridized carbons (Fsp3) is 0.387. The van der Waals surface area contributed by atoms with Gasteiger partial charge in [0, 0.05) is 63.5 Å². The Balaban J connectivity index is 1.41. The van der Waals surface area contributed by atoms with E-state index in [-0.39, 0.29) is 48.2 Å². The van der Waals surface area contributed by atoms with Crippen molar-refractivity contribution in [1.82, 2.24) is 10.2 Å². The average Bonchev–Trinajstić information content (AvgIpc) is 3.67. The number of likely N-dealkylation sites (tertiary alicyclic amines) is 1. The van der Waals surface area contributed by atoms with Crippen molar-refractivity contribution in [3.05, 3.63) is 77.2 Å². The molecule has 2 aromatic carbocycles. The molecule has 3 amide bonds. The Morgan fingerprint density at radius 3 is 2.35 bits per heavy atom. The van der Waals surface area contributed by atoms with Gasteiger partial charge in [-0.15, -0.1) is 0 Å². The lowest BCUT2D eigenvalue weighted by Crippen LogP contribution is -2.47. The highest BCUT2D eigenvalue weighted by atomic mass is 19.4. The average molecular weight is 598 g/mol. The van der Waals surface area contributed by atoms with Gasteiger partial charge in [-0.1, -0.05) is 18.2 Å². The van der Waals surface area contributed by atoms with Crippen molar-refractivity contribution in [1.29, 1.82) is 0 Å². The van der Waals surface area contributed by atoms with Gasteiger partial charge in [-0.25, -0.2) is 0 Å². The van der Waals surface area contributed by atoms with Crippen LogP contribution in [0.2, 0.25) is 0 Å². The summed E-state index contributed by atoms with van der Waals surface area (Å²) in [6.07, 6.45) is -1.74. The Bertz CT molecular complexity index is 1470. The van der Waals surface area contributed by atoms with E-state index in [1.165, 1.54) is 24.5 Å². The van der Waals surface area contributed by atoms with Crippen LogP contribution in [0, 0.1) is 6.92 Å². The van der Waals surface area contributed by atoms with Gasteiger partial charge in [-0.05, 0) is 55.7 Å². The number of carbonyl (C=O) groups is 3. The van der Waals surface area contributed by atoms with Crippen LogP contribution >= 0.6 is 0 Å². The molecule has 5 rings (SSSR count). The first-order valence-corrected chi connectivity index (χ1v) is 14.3. The van der Waals surface area contributed by atoms with Gasteiger partial charge in [0.15, 0.2) is 5.76 Å². The number of piperazine rings is 1. The molecule has 2 aliphatic heterocycles. The number of nitrogens with zero attached hydrogens (tertiary/aromatic N) is 3. The zero-order valence-corrected chi connectivity index (χ0v) is 23.9. The van der Waals surface area contributed by atoms with E-state index in [9.17, 15) is 27.6 Å². The Morgan fingerprint density at radius 1 is 0.953 bits per heavy atom. The highest BCUT2D eigenvalue weighted by molar-refractivity contribution is 6.06. The van der Waals surface area contributed by atoms with Crippen LogP contribution < -0.4 is 20.4 Å². The van der Waals surface area contributed by atoms with Crippen LogP contribution in [0.3, 0.4) is 0 Å². The number of nitrogens with one attached hydrogen (secondary N) is 2. The number of hydrogen-bond donors (Lipinski definition) is 2. The fourth-order valence-electron chi connectivity index (χ4n) is 5.61. The van der Waals surface area contributed by atoms with E-state index in [0.29, 0.717) is 39.0 Å². The van der Waals surface area contributed by atoms with E-state index < -0.39 is 23.6 Å². The number of rotatable bonds is 9. The largest absolute Gasteiger partial charge is 0.459 e. The molecule has 0 aliphatic carbocycles. The monoisotopic (exact) mass is 597 g/mol. The van der Waals surface area contributed by atoms with Crippen molar-refractivity contribution < 1.29 is 32.0 Å². The Kier molecular flexibility index (Phi) is 8.93. The fourth-order valence-corrected chi connectivity index (χ4v) is 5.61. The number of carbonyl (C=O) groups excluding carboxylic acids is 3. The standard InChI is InChI=1S/C31H34F3N5O4/c1-21-7-2-3-8-25(21)37-14-16-39(17-15-37)28-23(31(32,33)34)19-22(20-24(28)36-30(42)26-9-5-18-43-26)29(41)35-11-6-13-38-12-4-10-27(38)40/h2-3,5,7-9,18-20H,4,6,10-17H2,1H3,(H,35,41)(H,36,42). The molecule has 2 fully saturated rings. The minimum Gasteiger partial charge on any atom is -0.459 e. The normalized spacial score (nSPS) is 15.6. The number of anilines is 3. The molecule has 43 heavy (non-hydrogen) atoms. The summed E-state index contributed by atoms with van der Waals surface area (Å²) >= 11 is 0. The molecule has 1 aromatic heterocycles. The minimum absolute atomic E-state index is 0.0633. The molecule has 2 saturated heterocycles. The number of para-hydroxylation sites is 1. The van der Waals surface area contributed by atoms with Gasteiger partial charge in [-0.3, -0.25) is 14.4 Å². The summed E-state index contributed by atoms with van der Waals surface area (Å²) in [6.45, 7) is 4.77. The van der Waals surface area contributed by atoms with Crippen LogP contribution in [-0.2, 0) is 11.0 Å². The van der Waals surface area contributed by atoms with E-state index in [4.69, 9.17) is 4.42 Å². The van der Waals surface area contributed by atoms with Crippen LogP contribution in [-0.4, -0.2) is 68.4 Å². The Hall–Kier alpha value is -4.48. The summed E-state index contributed by atoms with van der Waals surface area (Å²) in [5.74, 6) is -1.45. The number of benzene rings is 2. The van der Waals surface area contributed by atoms with Crippen molar-refractivity contribution in [2.24, 2.45) is 0 Å². The molecule has 0 spiro atoms. The molecule has 2 N–H and O–H groups in total. The van der Waals surface area contributed by atoms with Gasteiger partial charge in [0.1, 0.15) is 0 Å². The van der Waals surface area contributed by atoms with Crippen LogP contribution in [0.5, 0.6) is 0 Å². The topological polar surface area (TPSA) is 98.1 Å². The first kappa shape index (κ1) is 30.0. The predicted octanol–water partition coefficient (Wildman–Crippen LogP) is 4.93. The smallest absolute Gasteiger partial charge is 0.418 e. The molecule has 0 saturated carbocycles. The van der Waals surface area contributed by atoms with Gasteiger partial charge >= 0.3 is 6.18 Å². The maximum absolute atomic E-state index is 14.6. The van der Waals surface area contributed by atoms with Crippen molar-refractivity contribution in [3.63, 3.8) is 0 Å². The number of halogens is 3. The quantitative estimate of drug-likeness (QED) is 0.340. The lowest BCUT2D eigenvalue weighted by atomic mass is 10.0. The van der Waals surface area contributed by atoms with Crippen LogP contribution in [0.15, 0.2) is 59.2 Å². The SMILES string of the molecule is Cc1ccccc1N1CCN(c2c(NC(=O)c3ccco3)cc(C(=O)NCCCN3CCCC3=O)cc2C(F)(F)F)CC1. The van der Waals surface area contributed by atoms with E-state index in [1.807, 2.05) is 31.2 Å². The van der Waals surface area contributed by atoms with Crippen LogP contribution in [0.25, 0.3) is 0 Å². The Labute approximate surface area is 247 Å². The lowest BCUT2D eigenvalue weighted by molar-refractivity contribution is -0.137. The third-order valence-electron chi connectivity index (χ3n) is 7.78. The molecule has 228 valence electrons. The summed E-state index contributed by atoms with van der Waals surface area (Å²) in [5.41, 5.74) is 0.518. The molecule has 2 aliphatic rings. The van der Waals surface area contributed by atoms with Gasteiger partial charge in [0.2, 0.25) is 5.91 Å². The number of alkyl halides is 3. The highest BCUT2D eigenvalue weighted by Gasteiger charge is 2.38. The first-order valence-electron chi connectivity index (χ1n) is 14.3. The van der Waals surface area contributed by atoms with E-state index in [2.05, 4.69) is 15.5 Å². The molecule has 0 atom stereocenters. The van der Waals surface area contributed by atoms with Crippen LogP contribution in [0.4, 0.5) is 30.2 Å². The number of aryl methyl sites for hydroxylation is 1. The molecule has 0 bridgehead atoms. The maximum atomic E-state index is 14.6. The van der Waals surface area contributed by atoms with E-state index in [1.54, 1.807) is 9.80 Å². The summed E-state index contributed by atoms with van der Waals surface area (Å²) in [6, 6.07) is 12.9. The third kappa shape index (κ3) is 6.95. The summed E-state index contributed by atoms with van der Waals surface area (Å²) in [7, 11) is 0. The second-order valence-electron chi connectivity index (χ2n) is 10.7. The van der Waals surface area contributed by atoms with Crippen molar-refractivity contribution >= 4 is 34.8 Å².